The third-order valence-corrected chi connectivity index (χ3v) is 5.04. The molecule has 7 heteroatoms. The number of anilines is 1. The number of amides is 3. The van der Waals surface area contributed by atoms with Crippen molar-refractivity contribution in [1.29, 1.82) is 0 Å². The summed E-state index contributed by atoms with van der Waals surface area (Å²) in [5, 5.41) is 6.41. The number of hydrogen-bond acceptors (Lipinski definition) is 2. The van der Waals surface area contributed by atoms with Crippen LogP contribution in [0.25, 0.3) is 0 Å². The van der Waals surface area contributed by atoms with Crippen molar-refractivity contribution in [1.82, 2.24) is 10.6 Å². The number of likely N-dealkylation sites (N-methyl/N-ethyl adjacent to an activating group) is 1. The first-order valence-corrected chi connectivity index (χ1v) is 9.84. The second-order valence-electron chi connectivity index (χ2n) is 7.15. The smallest absolute Gasteiger partial charge is 0.315 e. The van der Waals surface area contributed by atoms with Crippen molar-refractivity contribution in [3.63, 3.8) is 0 Å². The Kier molecular flexibility index (Phi) is 6.90. The summed E-state index contributed by atoms with van der Waals surface area (Å²) >= 11 is 5.90. The maximum Gasteiger partial charge on any atom is 0.315 e. The SMILES string of the molecule is C[NH+](CCNC(=O)N[C@H]1CC(=O)N(c2ccc(Cl)cc2)C1)Cc1ccccc1. The lowest BCUT2D eigenvalue weighted by atomic mass is 10.2. The number of quaternary nitrogens is 1. The molecule has 6 nitrogen and oxygen atoms in total. The van der Waals surface area contributed by atoms with Crippen LogP contribution in [0.1, 0.15) is 12.0 Å². The lowest BCUT2D eigenvalue weighted by molar-refractivity contribution is -0.892. The highest BCUT2D eigenvalue weighted by Crippen LogP contribution is 2.23. The van der Waals surface area contributed by atoms with E-state index in [9.17, 15) is 9.59 Å². The van der Waals surface area contributed by atoms with Gasteiger partial charge in [0.05, 0.1) is 26.2 Å². The fraction of sp³-hybridized carbons (Fsp3) is 0.333. The van der Waals surface area contributed by atoms with Crippen molar-refractivity contribution in [3.05, 3.63) is 65.2 Å². The highest BCUT2D eigenvalue weighted by Gasteiger charge is 2.31. The number of nitrogens with zero attached hydrogens (tertiary/aromatic N) is 1. The second-order valence-corrected chi connectivity index (χ2v) is 7.59. The molecule has 0 aliphatic carbocycles. The molecule has 1 fully saturated rings. The number of rotatable bonds is 7. The van der Waals surface area contributed by atoms with Gasteiger partial charge in [0, 0.05) is 29.2 Å². The minimum Gasteiger partial charge on any atom is -0.333 e. The van der Waals surface area contributed by atoms with Crippen LogP contribution in [0.3, 0.4) is 0 Å². The number of hydrogen-bond donors (Lipinski definition) is 3. The molecule has 148 valence electrons. The highest BCUT2D eigenvalue weighted by molar-refractivity contribution is 6.30. The van der Waals surface area contributed by atoms with E-state index in [2.05, 4.69) is 29.8 Å². The average Bonchev–Trinajstić information content (AvgIpc) is 3.03. The van der Waals surface area contributed by atoms with Crippen LogP contribution in [0.5, 0.6) is 0 Å². The summed E-state index contributed by atoms with van der Waals surface area (Å²) in [6, 6.07) is 17.0. The van der Waals surface area contributed by atoms with Crippen LogP contribution in [0.2, 0.25) is 5.02 Å². The van der Waals surface area contributed by atoms with E-state index < -0.39 is 0 Å². The zero-order valence-electron chi connectivity index (χ0n) is 16.0. The van der Waals surface area contributed by atoms with Crippen LogP contribution in [0.15, 0.2) is 54.6 Å². The van der Waals surface area contributed by atoms with Crippen LogP contribution in [-0.4, -0.2) is 44.7 Å². The Hall–Kier alpha value is -2.57. The van der Waals surface area contributed by atoms with Gasteiger partial charge in [0.1, 0.15) is 6.54 Å². The Morgan fingerprint density at radius 1 is 1.18 bits per heavy atom. The van der Waals surface area contributed by atoms with E-state index in [4.69, 9.17) is 11.6 Å². The largest absolute Gasteiger partial charge is 0.333 e. The van der Waals surface area contributed by atoms with Gasteiger partial charge >= 0.3 is 6.03 Å². The summed E-state index contributed by atoms with van der Waals surface area (Å²) in [5.74, 6) is -0.000314. The summed E-state index contributed by atoms with van der Waals surface area (Å²) in [6.07, 6.45) is 0.301. The molecule has 3 rings (SSSR count). The first-order chi connectivity index (χ1) is 13.5. The van der Waals surface area contributed by atoms with E-state index in [1.54, 1.807) is 17.0 Å². The predicted molar refractivity (Wildman–Crippen MR) is 111 cm³/mol. The highest BCUT2D eigenvalue weighted by atomic mass is 35.5. The normalized spacial score (nSPS) is 17.4. The van der Waals surface area contributed by atoms with Gasteiger partial charge in [0.2, 0.25) is 5.91 Å². The van der Waals surface area contributed by atoms with Crippen LogP contribution < -0.4 is 20.4 Å². The molecule has 28 heavy (non-hydrogen) atoms. The Labute approximate surface area is 170 Å². The summed E-state index contributed by atoms with van der Waals surface area (Å²) in [4.78, 5) is 27.4. The van der Waals surface area contributed by atoms with Gasteiger partial charge in [-0.3, -0.25) is 4.79 Å². The minimum atomic E-state index is -0.233. The molecule has 3 N–H and O–H groups in total. The van der Waals surface area contributed by atoms with Gasteiger partial charge in [-0.2, -0.15) is 0 Å². The van der Waals surface area contributed by atoms with E-state index in [0.717, 1.165) is 18.8 Å². The number of carbonyl (C=O) groups excluding carboxylic acids is 2. The summed E-state index contributed by atoms with van der Waals surface area (Å²) < 4.78 is 0. The Morgan fingerprint density at radius 3 is 2.61 bits per heavy atom. The van der Waals surface area contributed by atoms with Gasteiger partial charge in [-0.05, 0) is 24.3 Å². The third-order valence-electron chi connectivity index (χ3n) is 4.78. The first-order valence-electron chi connectivity index (χ1n) is 9.47. The molecule has 0 radical (unpaired) electrons. The second kappa shape index (κ2) is 9.57. The molecule has 1 aliphatic heterocycles. The molecule has 2 aromatic rings. The molecule has 1 aliphatic rings. The number of benzene rings is 2. The molecule has 0 aromatic heterocycles. The molecule has 2 atom stereocenters. The zero-order chi connectivity index (χ0) is 19.9. The van der Waals surface area contributed by atoms with Gasteiger partial charge in [-0.25, -0.2) is 4.79 Å². The Balaban J connectivity index is 1.39. The van der Waals surface area contributed by atoms with E-state index in [-0.39, 0.29) is 18.0 Å². The van der Waals surface area contributed by atoms with Crippen molar-refractivity contribution >= 4 is 29.2 Å². The van der Waals surface area contributed by atoms with E-state index in [1.807, 2.05) is 30.3 Å². The summed E-state index contributed by atoms with van der Waals surface area (Å²) in [7, 11) is 2.10. The van der Waals surface area contributed by atoms with E-state index >= 15 is 0 Å². The van der Waals surface area contributed by atoms with Crippen LogP contribution in [0.4, 0.5) is 10.5 Å². The maximum atomic E-state index is 12.2. The lowest BCUT2D eigenvalue weighted by Gasteiger charge is -2.18. The average molecular weight is 402 g/mol. The molecule has 3 amide bonds. The zero-order valence-corrected chi connectivity index (χ0v) is 16.7. The lowest BCUT2D eigenvalue weighted by Crippen LogP contribution is -3.08. The van der Waals surface area contributed by atoms with Gasteiger partial charge in [0.15, 0.2) is 0 Å². The number of urea groups is 1. The molecular weight excluding hydrogens is 376 g/mol. The first kappa shape index (κ1) is 20.2. The fourth-order valence-corrected chi connectivity index (χ4v) is 3.46. The molecular formula is C21H26ClN4O2+. The molecule has 2 aromatic carbocycles. The topological polar surface area (TPSA) is 65.9 Å². The van der Waals surface area contributed by atoms with Crippen molar-refractivity contribution in [3.8, 4) is 0 Å². The van der Waals surface area contributed by atoms with Crippen LogP contribution in [-0.2, 0) is 11.3 Å². The van der Waals surface area contributed by atoms with Crippen molar-refractivity contribution < 1.29 is 14.5 Å². The summed E-state index contributed by atoms with van der Waals surface area (Å²) in [5.41, 5.74) is 2.07. The minimum absolute atomic E-state index is 0.000314. The van der Waals surface area contributed by atoms with Gasteiger partial charge in [-0.15, -0.1) is 0 Å². The molecule has 1 unspecified atom stereocenters. The molecule has 0 bridgehead atoms. The van der Waals surface area contributed by atoms with Crippen LogP contribution >= 0.6 is 11.6 Å². The van der Waals surface area contributed by atoms with Crippen molar-refractivity contribution in [2.24, 2.45) is 0 Å². The molecule has 1 saturated heterocycles. The van der Waals surface area contributed by atoms with Crippen molar-refractivity contribution in [2.45, 2.75) is 19.0 Å². The van der Waals surface area contributed by atoms with Crippen LogP contribution in [0, 0.1) is 0 Å². The maximum absolute atomic E-state index is 12.2. The van der Waals surface area contributed by atoms with E-state index in [1.165, 1.54) is 10.5 Å². The predicted octanol–water partition coefficient (Wildman–Crippen LogP) is 1.46. The molecule has 0 saturated carbocycles. The monoisotopic (exact) mass is 401 g/mol. The third kappa shape index (κ3) is 5.71. The summed E-state index contributed by atoms with van der Waals surface area (Å²) in [6.45, 7) is 2.78. The standard InChI is InChI=1S/C21H25ClN4O2/c1-25(14-16-5-3-2-4-6-16)12-11-23-21(28)24-18-13-20(27)26(15-18)19-9-7-17(22)8-10-19/h2-10,18H,11-15H2,1H3,(H2,23,24,28)/p+1/t18-/m0/s1. The molecule has 1 heterocycles. The number of halogens is 1. The Morgan fingerprint density at radius 2 is 1.89 bits per heavy atom. The fourth-order valence-electron chi connectivity index (χ4n) is 3.33. The van der Waals surface area contributed by atoms with Crippen molar-refractivity contribution in [2.75, 3.05) is 31.6 Å². The van der Waals surface area contributed by atoms with Gasteiger partial charge in [-0.1, -0.05) is 41.9 Å². The van der Waals surface area contributed by atoms with E-state index in [0.29, 0.717) is 24.5 Å². The number of carbonyl (C=O) groups is 2. The number of nitrogens with one attached hydrogen (secondary N) is 3. The van der Waals surface area contributed by atoms with Gasteiger partial charge < -0.3 is 20.4 Å². The quantitative estimate of drug-likeness (QED) is 0.657. The van der Waals surface area contributed by atoms with Gasteiger partial charge in [0.25, 0.3) is 0 Å². The Bertz CT molecular complexity index is 798. The molecule has 0 spiro atoms.